The summed E-state index contributed by atoms with van der Waals surface area (Å²) < 4.78 is 0.892. The first-order valence-electron chi connectivity index (χ1n) is 6.24. The fraction of sp³-hybridized carbons (Fsp3) is 0.333. The molecule has 2 aromatic rings. The van der Waals surface area contributed by atoms with Gasteiger partial charge in [0, 0.05) is 18.4 Å². The maximum atomic E-state index is 4.21. The topological polar surface area (TPSA) is 37.8 Å². The van der Waals surface area contributed by atoms with Crippen molar-refractivity contribution in [1.82, 2.24) is 9.97 Å². The number of anilines is 1. The van der Waals surface area contributed by atoms with Crippen molar-refractivity contribution in [3.63, 3.8) is 0 Å². The van der Waals surface area contributed by atoms with Crippen molar-refractivity contribution in [3.8, 4) is 0 Å². The summed E-state index contributed by atoms with van der Waals surface area (Å²) in [4.78, 5) is 8.20. The summed E-state index contributed by atoms with van der Waals surface area (Å²) in [7, 11) is 0. The Balaban J connectivity index is 0.000000200. The van der Waals surface area contributed by atoms with Crippen molar-refractivity contribution in [2.75, 3.05) is 5.32 Å². The number of rotatable bonds is 2. The fourth-order valence-electron chi connectivity index (χ4n) is 1.30. The largest absolute Gasteiger partial charge is 0.368 e. The molecule has 0 atom stereocenters. The van der Waals surface area contributed by atoms with Crippen LogP contribution in [0.4, 0.5) is 5.82 Å². The van der Waals surface area contributed by atoms with E-state index in [1.54, 1.807) is 0 Å². The Morgan fingerprint density at radius 3 is 1.89 bits per heavy atom. The lowest BCUT2D eigenvalue weighted by molar-refractivity contribution is 0.888. The van der Waals surface area contributed by atoms with E-state index in [-0.39, 0.29) is 0 Å². The summed E-state index contributed by atoms with van der Waals surface area (Å²) in [5.41, 5.74) is 2.38. The van der Waals surface area contributed by atoms with Crippen LogP contribution in [0.3, 0.4) is 0 Å². The third-order valence-electron chi connectivity index (χ3n) is 2.22. The maximum absolute atomic E-state index is 4.21. The standard InChI is InChI=1S/C9H14N2.C6H6BrN/c1-7(2)11-9-5-4-8(3)6-10-9;1-5-2-3-6(7)8-4-5/h4-7H,1-3H3,(H,10,11);2-4H,1H3. The number of hydrogen-bond acceptors (Lipinski definition) is 3. The van der Waals surface area contributed by atoms with Crippen molar-refractivity contribution in [1.29, 1.82) is 0 Å². The van der Waals surface area contributed by atoms with Gasteiger partial charge in [-0.1, -0.05) is 12.1 Å². The minimum absolute atomic E-state index is 0.449. The molecule has 0 saturated carbocycles. The molecule has 0 unspecified atom stereocenters. The molecular weight excluding hydrogens is 302 g/mol. The molecule has 4 heteroatoms. The molecule has 19 heavy (non-hydrogen) atoms. The zero-order valence-electron chi connectivity index (χ0n) is 11.8. The van der Waals surface area contributed by atoms with Gasteiger partial charge in [0.05, 0.1) is 0 Å². The molecule has 0 aliphatic rings. The molecule has 0 fully saturated rings. The van der Waals surface area contributed by atoms with E-state index in [4.69, 9.17) is 0 Å². The van der Waals surface area contributed by atoms with E-state index in [1.807, 2.05) is 44.4 Å². The first-order chi connectivity index (χ1) is 8.97. The van der Waals surface area contributed by atoms with Crippen molar-refractivity contribution < 1.29 is 0 Å². The molecule has 0 aromatic carbocycles. The normalized spacial score (nSPS) is 9.79. The highest BCUT2D eigenvalue weighted by atomic mass is 79.9. The van der Waals surface area contributed by atoms with Crippen LogP contribution in [-0.4, -0.2) is 16.0 Å². The summed E-state index contributed by atoms with van der Waals surface area (Å²) in [5.74, 6) is 0.950. The van der Waals surface area contributed by atoms with Gasteiger partial charge in [0.1, 0.15) is 10.4 Å². The Kier molecular flexibility index (Phi) is 6.50. The minimum Gasteiger partial charge on any atom is -0.368 e. The summed E-state index contributed by atoms with van der Waals surface area (Å²) >= 11 is 3.23. The number of nitrogens with one attached hydrogen (secondary N) is 1. The highest BCUT2D eigenvalue weighted by Gasteiger charge is 1.94. The van der Waals surface area contributed by atoms with E-state index in [2.05, 4.69) is 51.1 Å². The summed E-state index contributed by atoms with van der Waals surface area (Å²) in [6, 6.07) is 8.43. The van der Waals surface area contributed by atoms with Gasteiger partial charge in [-0.25, -0.2) is 9.97 Å². The van der Waals surface area contributed by atoms with E-state index in [9.17, 15) is 0 Å². The second kappa shape index (κ2) is 7.89. The van der Waals surface area contributed by atoms with Crippen LogP contribution in [0.1, 0.15) is 25.0 Å². The minimum atomic E-state index is 0.449. The monoisotopic (exact) mass is 321 g/mol. The Morgan fingerprint density at radius 1 is 0.947 bits per heavy atom. The molecule has 0 aliphatic carbocycles. The van der Waals surface area contributed by atoms with Crippen LogP contribution >= 0.6 is 15.9 Å². The van der Waals surface area contributed by atoms with E-state index in [1.165, 1.54) is 11.1 Å². The number of pyridine rings is 2. The predicted octanol–water partition coefficient (Wildman–Crippen LogP) is 4.36. The van der Waals surface area contributed by atoms with Gasteiger partial charge in [-0.15, -0.1) is 0 Å². The van der Waals surface area contributed by atoms with Gasteiger partial charge < -0.3 is 5.32 Å². The van der Waals surface area contributed by atoms with Crippen molar-refractivity contribution in [2.45, 2.75) is 33.7 Å². The third kappa shape index (κ3) is 6.91. The lowest BCUT2D eigenvalue weighted by atomic mass is 10.3. The molecule has 0 spiro atoms. The molecule has 0 aliphatic heterocycles. The lowest BCUT2D eigenvalue weighted by Gasteiger charge is -2.07. The maximum Gasteiger partial charge on any atom is 0.126 e. The van der Waals surface area contributed by atoms with Gasteiger partial charge in [0.25, 0.3) is 0 Å². The summed E-state index contributed by atoms with van der Waals surface area (Å²) in [6.07, 6.45) is 3.69. The van der Waals surface area contributed by atoms with Crippen LogP contribution in [0.2, 0.25) is 0 Å². The van der Waals surface area contributed by atoms with Crippen molar-refractivity contribution in [3.05, 3.63) is 52.4 Å². The van der Waals surface area contributed by atoms with E-state index < -0.39 is 0 Å². The Hall–Kier alpha value is -1.42. The molecule has 0 bridgehead atoms. The molecular formula is C15H20BrN3. The molecule has 2 heterocycles. The van der Waals surface area contributed by atoms with Crippen LogP contribution in [0.5, 0.6) is 0 Å². The summed E-state index contributed by atoms with van der Waals surface area (Å²) in [5, 5.41) is 3.22. The molecule has 102 valence electrons. The first kappa shape index (κ1) is 15.6. The lowest BCUT2D eigenvalue weighted by Crippen LogP contribution is -2.10. The Morgan fingerprint density at radius 2 is 1.53 bits per heavy atom. The second-order valence-electron chi connectivity index (χ2n) is 4.68. The number of halogens is 1. The number of aromatic nitrogens is 2. The van der Waals surface area contributed by atoms with Gasteiger partial charge in [0.15, 0.2) is 0 Å². The van der Waals surface area contributed by atoms with Crippen LogP contribution in [0.25, 0.3) is 0 Å². The van der Waals surface area contributed by atoms with Gasteiger partial charge >= 0.3 is 0 Å². The van der Waals surface area contributed by atoms with E-state index in [0.717, 1.165) is 10.4 Å². The molecule has 2 rings (SSSR count). The summed E-state index contributed by atoms with van der Waals surface area (Å²) in [6.45, 7) is 8.24. The average Bonchev–Trinajstić information content (AvgIpc) is 2.36. The van der Waals surface area contributed by atoms with Crippen LogP contribution in [0, 0.1) is 13.8 Å². The van der Waals surface area contributed by atoms with Gasteiger partial charge in [-0.3, -0.25) is 0 Å². The molecule has 3 nitrogen and oxygen atoms in total. The van der Waals surface area contributed by atoms with Gasteiger partial charge in [-0.05, 0) is 66.9 Å². The molecule has 0 radical (unpaired) electrons. The van der Waals surface area contributed by atoms with Crippen molar-refractivity contribution >= 4 is 21.7 Å². The molecule has 1 N–H and O–H groups in total. The first-order valence-corrected chi connectivity index (χ1v) is 7.04. The highest BCUT2D eigenvalue weighted by Crippen LogP contribution is 2.05. The SMILES string of the molecule is Cc1ccc(Br)nc1.Cc1ccc(NC(C)C)nc1. The van der Waals surface area contributed by atoms with Crippen LogP contribution in [-0.2, 0) is 0 Å². The van der Waals surface area contributed by atoms with Crippen molar-refractivity contribution in [2.24, 2.45) is 0 Å². The van der Waals surface area contributed by atoms with E-state index >= 15 is 0 Å². The highest BCUT2D eigenvalue weighted by molar-refractivity contribution is 9.10. The molecule has 0 saturated heterocycles. The number of nitrogens with zero attached hydrogens (tertiary/aromatic N) is 2. The quantitative estimate of drug-likeness (QED) is 0.835. The Labute approximate surface area is 123 Å². The number of hydrogen-bond donors (Lipinski definition) is 1. The predicted molar refractivity (Wildman–Crippen MR) is 84.4 cm³/mol. The third-order valence-corrected chi connectivity index (χ3v) is 2.69. The average molecular weight is 322 g/mol. The van der Waals surface area contributed by atoms with Crippen LogP contribution < -0.4 is 5.32 Å². The van der Waals surface area contributed by atoms with E-state index in [0.29, 0.717) is 6.04 Å². The molecule has 2 aromatic heterocycles. The second-order valence-corrected chi connectivity index (χ2v) is 5.49. The van der Waals surface area contributed by atoms with Gasteiger partial charge in [-0.2, -0.15) is 0 Å². The molecule has 0 amide bonds. The van der Waals surface area contributed by atoms with Crippen LogP contribution in [0.15, 0.2) is 41.3 Å². The zero-order valence-corrected chi connectivity index (χ0v) is 13.4. The Bertz CT molecular complexity index is 457. The fourth-order valence-corrected chi connectivity index (χ4v) is 1.53. The zero-order chi connectivity index (χ0) is 14.3. The number of aryl methyl sites for hydroxylation is 2. The van der Waals surface area contributed by atoms with Gasteiger partial charge in [0.2, 0.25) is 0 Å². The smallest absolute Gasteiger partial charge is 0.126 e.